The molecule has 1 aromatic rings. The molecular weight excluding hydrogens is 248 g/mol. The molecule has 0 unspecified atom stereocenters. The van der Waals surface area contributed by atoms with Crippen LogP contribution in [-0.4, -0.2) is 23.0 Å². The minimum absolute atomic E-state index is 0.000232. The SMILES string of the molecule is CCCOc1cccnc1NC1(CCl)CCCC1. The van der Waals surface area contributed by atoms with Gasteiger partial charge in [-0.05, 0) is 31.4 Å². The summed E-state index contributed by atoms with van der Waals surface area (Å²) in [5.41, 5.74) is 0.000232. The number of halogens is 1. The van der Waals surface area contributed by atoms with Gasteiger partial charge in [-0.1, -0.05) is 19.8 Å². The van der Waals surface area contributed by atoms with Crippen molar-refractivity contribution >= 4 is 17.4 Å². The van der Waals surface area contributed by atoms with Crippen molar-refractivity contribution in [2.45, 2.75) is 44.6 Å². The number of anilines is 1. The second kappa shape index (κ2) is 6.28. The molecule has 1 aliphatic carbocycles. The minimum atomic E-state index is 0.000232. The summed E-state index contributed by atoms with van der Waals surface area (Å²) in [5, 5.41) is 3.51. The molecule has 1 heterocycles. The Morgan fingerprint density at radius 1 is 1.44 bits per heavy atom. The van der Waals surface area contributed by atoms with Crippen LogP contribution < -0.4 is 10.1 Å². The highest BCUT2D eigenvalue weighted by atomic mass is 35.5. The van der Waals surface area contributed by atoms with Crippen LogP contribution in [-0.2, 0) is 0 Å². The largest absolute Gasteiger partial charge is 0.490 e. The Bertz CT molecular complexity index is 378. The van der Waals surface area contributed by atoms with Gasteiger partial charge < -0.3 is 10.1 Å². The standard InChI is InChI=1S/C14H21ClN2O/c1-2-10-18-12-6-5-9-16-13(12)17-14(11-15)7-3-4-8-14/h5-6,9H,2-4,7-8,10-11H2,1H3,(H,16,17). The molecule has 100 valence electrons. The van der Waals surface area contributed by atoms with E-state index in [4.69, 9.17) is 16.3 Å². The number of alkyl halides is 1. The van der Waals surface area contributed by atoms with E-state index in [1.165, 1.54) is 12.8 Å². The number of ether oxygens (including phenoxy) is 1. The van der Waals surface area contributed by atoms with E-state index >= 15 is 0 Å². The molecule has 1 aromatic heterocycles. The van der Waals surface area contributed by atoms with Crippen LogP contribution in [0, 0.1) is 0 Å². The van der Waals surface area contributed by atoms with Crippen LogP contribution >= 0.6 is 11.6 Å². The number of hydrogen-bond donors (Lipinski definition) is 1. The van der Waals surface area contributed by atoms with Gasteiger partial charge in [0.1, 0.15) is 0 Å². The van der Waals surface area contributed by atoms with Gasteiger partial charge in [0.25, 0.3) is 0 Å². The highest BCUT2D eigenvalue weighted by molar-refractivity contribution is 6.18. The first-order chi connectivity index (χ1) is 8.79. The lowest BCUT2D eigenvalue weighted by Crippen LogP contribution is -2.37. The van der Waals surface area contributed by atoms with Crippen molar-refractivity contribution in [2.75, 3.05) is 17.8 Å². The van der Waals surface area contributed by atoms with Crippen LogP contribution in [0.3, 0.4) is 0 Å². The molecule has 0 aromatic carbocycles. The average molecular weight is 269 g/mol. The Morgan fingerprint density at radius 3 is 2.89 bits per heavy atom. The van der Waals surface area contributed by atoms with Gasteiger partial charge in [-0.3, -0.25) is 0 Å². The van der Waals surface area contributed by atoms with Crippen molar-refractivity contribution < 1.29 is 4.74 Å². The first-order valence-corrected chi connectivity index (χ1v) is 7.25. The predicted molar refractivity (Wildman–Crippen MR) is 75.6 cm³/mol. The number of hydrogen-bond acceptors (Lipinski definition) is 3. The van der Waals surface area contributed by atoms with Crippen molar-refractivity contribution in [3.63, 3.8) is 0 Å². The minimum Gasteiger partial charge on any atom is -0.490 e. The molecular formula is C14H21ClN2O. The number of pyridine rings is 1. The van der Waals surface area contributed by atoms with E-state index in [9.17, 15) is 0 Å². The van der Waals surface area contributed by atoms with E-state index in [2.05, 4.69) is 17.2 Å². The molecule has 0 spiro atoms. The molecule has 0 bridgehead atoms. The van der Waals surface area contributed by atoms with Crippen LogP contribution in [0.15, 0.2) is 18.3 Å². The summed E-state index contributed by atoms with van der Waals surface area (Å²) in [6.07, 6.45) is 7.48. The summed E-state index contributed by atoms with van der Waals surface area (Å²) in [5.74, 6) is 2.28. The second-order valence-corrected chi connectivity index (χ2v) is 5.21. The average Bonchev–Trinajstić information content (AvgIpc) is 2.87. The zero-order valence-corrected chi connectivity index (χ0v) is 11.7. The number of aromatic nitrogens is 1. The Balaban J connectivity index is 2.12. The lowest BCUT2D eigenvalue weighted by molar-refractivity contribution is 0.317. The van der Waals surface area contributed by atoms with E-state index in [1.807, 2.05) is 12.1 Å². The van der Waals surface area contributed by atoms with Gasteiger partial charge in [0.05, 0.1) is 12.1 Å². The lowest BCUT2D eigenvalue weighted by atomic mass is 10.0. The fourth-order valence-corrected chi connectivity index (χ4v) is 2.74. The summed E-state index contributed by atoms with van der Waals surface area (Å²) >= 11 is 6.14. The normalized spacial score (nSPS) is 17.7. The lowest BCUT2D eigenvalue weighted by Gasteiger charge is -2.29. The number of nitrogens with one attached hydrogen (secondary N) is 1. The molecule has 1 aliphatic rings. The molecule has 3 nitrogen and oxygen atoms in total. The number of nitrogens with zero attached hydrogens (tertiary/aromatic N) is 1. The van der Waals surface area contributed by atoms with E-state index in [0.29, 0.717) is 12.5 Å². The Labute approximate surface area is 114 Å². The molecule has 2 rings (SSSR count). The quantitative estimate of drug-likeness (QED) is 0.796. The van der Waals surface area contributed by atoms with Crippen molar-refractivity contribution in [1.82, 2.24) is 4.98 Å². The second-order valence-electron chi connectivity index (χ2n) is 4.94. The van der Waals surface area contributed by atoms with E-state index in [-0.39, 0.29) is 5.54 Å². The van der Waals surface area contributed by atoms with Gasteiger partial charge in [-0.2, -0.15) is 0 Å². The monoisotopic (exact) mass is 268 g/mol. The molecule has 4 heteroatoms. The maximum absolute atomic E-state index is 6.14. The first-order valence-electron chi connectivity index (χ1n) is 6.71. The summed E-state index contributed by atoms with van der Waals surface area (Å²) in [6, 6.07) is 3.86. The van der Waals surface area contributed by atoms with Crippen LogP contribution in [0.2, 0.25) is 0 Å². The molecule has 0 atom stereocenters. The topological polar surface area (TPSA) is 34.1 Å². The third-order valence-electron chi connectivity index (χ3n) is 3.43. The fraction of sp³-hybridized carbons (Fsp3) is 0.643. The van der Waals surface area contributed by atoms with Crippen LogP contribution in [0.25, 0.3) is 0 Å². The zero-order valence-electron chi connectivity index (χ0n) is 10.9. The van der Waals surface area contributed by atoms with Gasteiger partial charge >= 0.3 is 0 Å². The Hall–Kier alpha value is -0.960. The van der Waals surface area contributed by atoms with Crippen LogP contribution in [0.1, 0.15) is 39.0 Å². The first kappa shape index (κ1) is 13.5. The molecule has 18 heavy (non-hydrogen) atoms. The van der Waals surface area contributed by atoms with Crippen LogP contribution in [0.5, 0.6) is 5.75 Å². The smallest absolute Gasteiger partial charge is 0.169 e. The zero-order chi connectivity index (χ0) is 12.8. The predicted octanol–water partition coefficient (Wildman–Crippen LogP) is 3.83. The Kier molecular flexibility index (Phi) is 4.70. The summed E-state index contributed by atoms with van der Waals surface area (Å²) in [7, 11) is 0. The van der Waals surface area contributed by atoms with E-state index in [1.54, 1.807) is 6.20 Å². The van der Waals surface area contributed by atoms with Crippen molar-refractivity contribution in [1.29, 1.82) is 0 Å². The maximum atomic E-state index is 6.14. The van der Waals surface area contributed by atoms with E-state index < -0.39 is 0 Å². The molecule has 0 radical (unpaired) electrons. The van der Waals surface area contributed by atoms with Crippen molar-refractivity contribution in [2.24, 2.45) is 0 Å². The summed E-state index contributed by atoms with van der Waals surface area (Å²) in [4.78, 5) is 4.39. The van der Waals surface area contributed by atoms with Crippen molar-refractivity contribution in [3.05, 3.63) is 18.3 Å². The number of rotatable bonds is 6. The van der Waals surface area contributed by atoms with Gasteiger partial charge in [0, 0.05) is 12.1 Å². The summed E-state index contributed by atoms with van der Waals surface area (Å²) in [6.45, 7) is 2.81. The fourth-order valence-electron chi connectivity index (χ4n) is 2.41. The summed E-state index contributed by atoms with van der Waals surface area (Å²) < 4.78 is 5.72. The van der Waals surface area contributed by atoms with Gasteiger partial charge in [0.2, 0.25) is 0 Å². The third kappa shape index (κ3) is 3.08. The van der Waals surface area contributed by atoms with Crippen LogP contribution in [0.4, 0.5) is 5.82 Å². The van der Waals surface area contributed by atoms with E-state index in [0.717, 1.165) is 30.8 Å². The third-order valence-corrected chi connectivity index (χ3v) is 3.94. The molecule has 0 amide bonds. The van der Waals surface area contributed by atoms with Crippen molar-refractivity contribution in [3.8, 4) is 5.75 Å². The molecule has 1 N–H and O–H groups in total. The van der Waals surface area contributed by atoms with Gasteiger partial charge in [-0.25, -0.2) is 4.98 Å². The molecule has 1 saturated carbocycles. The Morgan fingerprint density at radius 2 is 2.22 bits per heavy atom. The van der Waals surface area contributed by atoms with Gasteiger partial charge in [-0.15, -0.1) is 11.6 Å². The van der Waals surface area contributed by atoms with Gasteiger partial charge in [0.15, 0.2) is 11.6 Å². The molecule has 0 saturated heterocycles. The highest BCUT2D eigenvalue weighted by Gasteiger charge is 2.33. The maximum Gasteiger partial charge on any atom is 0.169 e. The highest BCUT2D eigenvalue weighted by Crippen LogP contribution is 2.35. The molecule has 0 aliphatic heterocycles. The molecule has 1 fully saturated rings.